The van der Waals surface area contributed by atoms with Gasteiger partial charge < -0.3 is 14.8 Å². The van der Waals surface area contributed by atoms with Crippen LogP contribution in [0, 0.1) is 5.82 Å². The van der Waals surface area contributed by atoms with E-state index in [0.29, 0.717) is 32.8 Å². The maximum absolute atomic E-state index is 13.0. The summed E-state index contributed by atoms with van der Waals surface area (Å²) in [5, 5.41) is 2.83. The fourth-order valence-electron chi connectivity index (χ4n) is 3.35. The van der Waals surface area contributed by atoms with Gasteiger partial charge in [0.1, 0.15) is 19.0 Å². The number of benzene rings is 3. The highest BCUT2D eigenvalue weighted by atomic mass is 35.5. The van der Waals surface area contributed by atoms with Crippen LogP contribution in [0.4, 0.5) is 14.9 Å². The Bertz CT molecular complexity index is 1400. The minimum atomic E-state index is -0.594. The van der Waals surface area contributed by atoms with Gasteiger partial charge in [-0.15, -0.1) is 0 Å². The third-order valence-corrected chi connectivity index (χ3v) is 6.81. The van der Waals surface area contributed by atoms with Crippen LogP contribution in [0.15, 0.2) is 65.6 Å². The standard InChI is InChI=1S/C26H19Cl2FN2O5S/c1-35-22-11-15(3-9-21(22)36-14-16-2-8-19(27)20(28)10-16)12-23-25(33)31(26(34)37-23)13-24(32)30-18-6-4-17(29)5-7-18/h2-12H,13-14H2,1H3,(H,30,32)/b23-12-. The Morgan fingerprint density at radius 2 is 1.78 bits per heavy atom. The monoisotopic (exact) mass is 560 g/mol. The van der Waals surface area contributed by atoms with Crippen LogP contribution in [0.25, 0.3) is 6.08 Å². The van der Waals surface area contributed by atoms with Crippen LogP contribution in [-0.4, -0.2) is 35.6 Å². The van der Waals surface area contributed by atoms with E-state index in [9.17, 15) is 18.8 Å². The number of ether oxygens (including phenoxy) is 2. The molecule has 1 saturated heterocycles. The predicted octanol–water partition coefficient (Wildman–Crippen LogP) is 6.40. The van der Waals surface area contributed by atoms with E-state index in [4.69, 9.17) is 32.7 Å². The molecule has 0 radical (unpaired) electrons. The molecule has 1 aliphatic heterocycles. The van der Waals surface area contributed by atoms with Gasteiger partial charge in [0.25, 0.3) is 11.1 Å². The first kappa shape index (κ1) is 26.5. The van der Waals surface area contributed by atoms with Gasteiger partial charge in [-0.25, -0.2) is 4.39 Å². The number of imide groups is 1. The average molecular weight is 561 g/mol. The maximum atomic E-state index is 13.0. The van der Waals surface area contributed by atoms with Crippen molar-refractivity contribution in [3.8, 4) is 11.5 Å². The molecule has 1 aliphatic rings. The number of anilines is 1. The van der Waals surface area contributed by atoms with Gasteiger partial charge in [0.05, 0.1) is 22.1 Å². The first-order valence-electron chi connectivity index (χ1n) is 10.8. The quantitative estimate of drug-likeness (QED) is 0.321. The number of carbonyl (C=O) groups is 3. The third kappa shape index (κ3) is 6.62. The van der Waals surface area contributed by atoms with Gasteiger partial charge in [-0.3, -0.25) is 19.3 Å². The number of amides is 3. The zero-order valence-corrected chi connectivity index (χ0v) is 21.6. The van der Waals surface area contributed by atoms with E-state index >= 15 is 0 Å². The second kappa shape index (κ2) is 11.7. The lowest BCUT2D eigenvalue weighted by Gasteiger charge is -2.13. The van der Waals surface area contributed by atoms with Crippen LogP contribution < -0.4 is 14.8 Å². The van der Waals surface area contributed by atoms with Gasteiger partial charge in [-0.05, 0) is 77.5 Å². The van der Waals surface area contributed by atoms with Crippen LogP contribution in [-0.2, 0) is 16.2 Å². The fourth-order valence-corrected chi connectivity index (χ4v) is 4.51. The molecule has 1 fully saturated rings. The molecule has 0 saturated carbocycles. The number of hydrogen-bond acceptors (Lipinski definition) is 6. The first-order valence-corrected chi connectivity index (χ1v) is 12.4. The molecule has 190 valence electrons. The Kier molecular flexibility index (Phi) is 8.38. The number of carbonyl (C=O) groups excluding carboxylic acids is 3. The number of hydrogen-bond donors (Lipinski definition) is 1. The fraction of sp³-hybridized carbons (Fsp3) is 0.115. The molecule has 0 atom stereocenters. The molecule has 0 aliphatic carbocycles. The molecule has 0 unspecified atom stereocenters. The van der Waals surface area contributed by atoms with Crippen molar-refractivity contribution in [2.75, 3.05) is 19.0 Å². The Balaban J connectivity index is 1.42. The van der Waals surface area contributed by atoms with Crippen molar-refractivity contribution in [2.45, 2.75) is 6.61 Å². The smallest absolute Gasteiger partial charge is 0.294 e. The van der Waals surface area contributed by atoms with Crippen molar-refractivity contribution >= 4 is 63.8 Å². The summed E-state index contributed by atoms with van der Waals surface area (Å²) in [6, 6.07) is 15.4. The minimum absolute atomic E-state index is 0.158. The van der Waals surface area contributed by atoms with E-state index in [-0.39, 0.29) is 11.5 Å². The van der Waals surface area contributed by atoms with Crippen LogP contribution >= 0.6 is 35.0 Å². The molecule has 3 aromatic carbocycles. The molecule has 7 nitrogen and oxygen atoms in total. The predicted molar refractivity (Wildman–Crippen MR) is 141 cm³/mol. The normalized spacial score (nSPS) is 14.3. The van der Waals surface area contributed by atoms with E-state index in [1.54, 1.807) is 36.4 Å². The van der Waals surface area contributed by atoms with E-state index in [2.05, 4.69) is 5.32 Å². The summed E-state index contributed by atoms with van der Waals surface area (Å²) in [5.41, 5.74) is 1.76. The molecule has 3 aromatic rings. The summed E-state index contributed by atoms with van der Waals surface area (Å²) in [6.45, 7) is -0.240. The van der Waals surface area contributed by atoms with Crippen molar-refractivity contribution in [2.24, 2.45) is 0 Å². The van der Waals surface area contributed by atoms with Gasteiger partial charge in [0.15, 0.2) is 11.5 Å². The van der Waals surface area contributed by atoms with Gasteiger partial charge in [0.2, 0.25) is 5.91 Å². The number of methoxy groups -OCH3 is 1. The molecule has 0 bridgehead atoms. The van der Waals surface area contributed by atoms with Crippen molar-refractivity contribution in [1.82, 2.24) is 4.90 Å². The largest absolute Gasteiger partial charge is 0.493 e. The Labute approximate surface area is 226 Å². The SMILES string of the molecule is COc1cc(/C=C2\SC(=O)N(CC(=O)Nc3ccc(F)cc3)C2=O)ccc1OCc1ccc(Cl)c(Cl)c1. The summed E-state index contributed by atoms with van der Waals surface area (Å²) in [7, 11) is 1.48. The number of thioether (sulfide) groups is 1. The molecule has 0 aromatic heterocycles. The number of rotatable bonds is 8. The highest BCUT2D eigenvalue weighted by molar-refractivity contribution is 8.18. The summed E-state index contributed by atoms with van der Waals surface area (Å²) in [4.78, 5) is 38.5. The summed E-state index contributed by atoms with van der Waals surface area (Å²) in [5.74, 6) is -0.733. The second-order valence-electron chi connectivity index (χ2n) is 7.77. The van der Waals surface area contributed by atoms with Crippen LogP contribution in [0.3, 0.4) is 0 Å². The first-order chi connectivity index (χ1) is 17.7. The molecule has 1 N–H and O–H groups in total. The zero-order chi connectivity index (χ0) is 26.5. The van der Waals surface area contributed by atoms with Crippen molar-refractivity contribution in [1.29, 1.82) is 0 Å². The van der Waals surface area contributed by atoms with Gasteiger partial charge >= 0.3 is 0 Å². The number of nitrogens with zero attached hydrogens (tertiary/aromatic N) is 1. The summed E-state index contributed by atoms with van der Waals surface area (Å²) >= 11 is 12.7. The average Bonchev–Trinajstić information content (AvgIpc) is 3.13. The lowest BCUT2D eigenvalue weighted by Crippen LogP contribution is -2.36. The molecule has 4 rings (SSSR count). The van der Waals surface area contributed by atoms with Crippen molar-refractivity contribution < 1.29 is 28.2 Å². The van der Waals surface area contributed by atoms with Crippen LogP contribution in [0.1, 0.15) is 11.1 Å². The van der Waals surface area contributed by atoms with Crippen LogP contribution in [0.5, 0.6) is 11.5 Å². The van der Waals surface area contributed by atoms with E-state index in [0.717, 1.165) is 22.2 Å². The van der Waals surface area contributed by atoms with Gasteiger partial charge in [-0.1, -0.05) is 35.3 Å². The molecular formula is C26H19Cl2FN2O5S. The van der Waals surface area contributed by atoms with E-state index in [1.807, 2.05) is 0 Å². The van der Waals surface area contributed by atoms with Gasteiger partial charge in [0, 0.05) is 5.69 Å². The van der Waals surface area contributed by atoms with E-state index in [1.165, 1.54) is 37.5 Å². The topological polar surface area (TPSA) is 84.9 Å². The Hall–Kier alpha value is -3.53. The highest BCUT2D eigenvalue weighted by Gasteiger charge is 2.36. The lowest BCUT2D eigenvalue weighted by molar-refractivity contribution is -0.127. The molecule has 37 heavy (non-hydrogen) atoms. The zero-order valence-electron chi connectivity index (χ0n) is 19.3. The number of nitrogens with one attached hydrogen (secondary N) is 1. The lowest BCUT2D eigenvalue weighted by atomic mass is 10.1. The van der Waals surface area contributed by atoms with Crippen molar-refractivity contribution in [3.63, 3.8) is 0 Å². The molecule has 11 heteroatoms. The maximum Gasteiger partial charge on any atom is 0.294 e. The molecular weight excluding hydrogens is 542 g/mol. The summed E-state index contributed by atoms with van der Waals surface area (Å²) < 4.78 is 24.3. The molecule has 1 heterocycles. The minimum Gasteiger partial charge on any atom is -0.493 e. The van der Waals surface area contributed by atoms with Gasteiger partial charge in [-0.2, -0.15) is 0 Å². The van der Waals surface area contributed by atoms with Crippen LogP contribution in [0.2, 0.25) is 10.0 Å². The molecule has 3 amide bonds. The number of halogens is 3. The Morgan fingerprint density at radius 1 is 1.03 bits per heavy atom. The summed E-state index contributed by atoms with van der Waals surface area (Å²) in [6.07, 6.45) is 1.54. The highest BCUT2D eigenvalue weighted by Crippen LogP contribution is 2.35. The Morgan fingerprint density at radius 3 is 2.49 bits per heavy atom. The third-order valence-electron chi connectivity index (χ3n) is 5.17. The second-order valence-corrected chi connectivity index (χ2v) is 9.58. The molecule has 0 spiro atoms. The van der Waals surface area contributed by atoms with Crippen molar-refractivity contribution in [3.05, 3.63) is 92.6 Å². The van der Waals surface area contributed by atoms with E-state index < -0.39 is 29.4 Å².